The van der Waals surface area contributed by atoms with Crippen LogP contribution >= 0.6 is 0 Å². The fourth-order valence-electron chi connectivity index (χ4n) is 2.96. The summed E-state index contributed by atoms with van der Waals surface area (Å²) in [5.74, 6) is 0.127. The van der Waals surface area contributed by atoms with Crippen LogP contribution in [0.15, 0.2) is 42.5 Å². The summed E-state index contributed by atoms with van der Waals surface area (Å²) in [5, 5.41) is 27.4. The number of para-hydroxylation sites is 1. The maximum atomic E-state index is 12.2. The molecule has 130 valence electrons. The molecule has 0 fully saturated rings. The highest BCUT2D eigenvalue weighted by Gasteiger charge is 2.26. The SMILES string of the molecule is C[C@@H](CNC[C@@H]1Nc2c(C#N)cccc2NC1=O)c1ccc(C#N)cc1. The first-order valence-electron chi connectivity index (χ1n) is 8.43. The molecule has 0 radical (unpaired) electrons. The molecular weight excluding hydrogens is 326 g/mol. The quantitative estimate of drug-likeness (QED) is 0.773. The van der Waals surface area contributed by atoms with Gasteiger partial charge in [-0.1, -0.05) is 25.1 Å². The van der Waals surface area contributed by atoms with Crippen LogP contribution in [-0.4, -0.2) is 25.0 Å². The van der Waals surface area contributed by atoms with E-state index >= 15 is 0 Å². The van der Waals surface area contributed by atoms with Gasteiger partial charge in [0, 0.05) is 13.1 Å². The summed E-state index contributed by atoms with van der Waals surface area (Å²) >= 11 is 0. The number of rotatable bonds is 5. The highest BCUT2D eigenvalue weighted by Crippen LogP contribution is 2.29. The van der Waals surface area contributed by atoms with E-state index in [1.807, 2.05) is 24.3 Å². The van der Waals surface area contributed by atoms with E-state index in [0.717, 1.165) is 5.56 Å². The van der Waals surface area contributed by atoms with Gasteiger partial charge >= 0.3 is 0 Å². The van der Waals surface area contributed by atoms with Crippen LogP contribution in [0.3, 0.4) is 0 Å². The van der Waals surface area contributed by atoms with Gasteiger partial charge < -0.3 is 16.0 Å². The zero-order valence-corrected chi connectivity index (χ0v) is 14.4. The van der Waals surface area contributed by atoms with E-state index in [0.29, 0.717) is 35.6 Å². The second-order valence-electron chi connectivity index (χ2n) is 6.32. The molecule has 0 bridgehead atoms. The molecule has 1 aliphatic rings. The molecule has 6 nitrogen and oxygen atoms in total. The highest BCUT2D eigenvalue weighted by atomic mass is 16.2. The van der Waals surface area contributed by atoms with Crippen LogP contribution < -0.4 is 16.0 Å². The van der Waals surface area contributed by atoms with Crippen molar-refractivity contribution in [3.05, 3.63) is 59.2 Å². The zero-order chi connectivity index (χ0) is 18.5. The smallest absolute Gasteiger partial charge is 0.248 e. The Labute approximate surface area is 152 Å². The van der Waals surface area contributed by atoms with Crippen LogP contribution in [0.5, 0.6) is 0 Å². The molecule has 2 aromatic rings. The van der Waals surface area contributed by atoms with Crippen LogP contribution in [0, 0.1) is 22.7 Å². The minimum atomic E-state index is -0.440. The van der Waals surface area contributed by atoms with Crippen molar-refractivity contribution in [2.75, 3.05) is 23.7 Å². The number of nitrogens with one attached hydrogen (secondary N) is 3. The first-order valence-corrected chi connectivity index (χ1v) is 8.43. The standard InChI is InChI=1S/C20H19N5O/c1-13(15-7-5-14(9-21)6-8-15)11-23-12-18-20(26)25-17-4-2-3-16(10-22)19(17)24-18/h2-8,13,18,23-24H,11-12H2,1H3,(H,25,26)/t13-,18-/m0/s1. The van der Waals surface area contributed by atoms with Gasteiger partial charge in [-0.15, -0.1) is 0 Å². The van der Waals surface area contributed by atoms with E-state index in [2.05, 4.69) is 35.0 Å². The average molecular weight is 345 g/mol. The van der Waals surface area contributed by atoms with Crippen LogP contribution in [-0.2, 0) is 4.79 Å². The number of amides is 1. The maximum Gasteiger partial charge on any atom is 0.248 e. The average Bonchev–Trinajstić information content (AvgIpc) is 2.67. The van der Waals surface area contributed by atoms with E-state index in [9.17, 15) is 10.1 Å². The predicted octanol–water partition coefficient (Wildman–Crippen LogP) is 2.56. The summed E-state index contributed by atoms with van der Waals surface area (Å²) in [5.41, 5.74) is 3.59. The van der Waals surface area contributed by atoms with Crippen LogP contribution in [0.2, 0.25) is 0 Å². The molecule has 2 aromatic carbocycles. The number of anilines is 2. The van der Waals surface area contributed by atoms with Gasteiger partial charge in [0.15, 0.2) is 0 Å². The summed E-state index contributed by atoms with van der Waals surface area (Å²) in [7, 11) is 0. The lowest BCUT2D eigenvalue weighted by Gasteiger charge is -2.28. The third-order valence-corrected chi connectivity index (χ3v) is 4.49. The molecule has 0 unspecified atom stereocenters. The fraction of sp³-hybridized carbons (Fsp3) is 0.250. The van der Waals surface area contributed by atoms with Gasteiger partial charge in [-0.25, -0.2) is 0 Å². The molecule has 1 aliphatic heterocycles. The molecule has 6 heteroatoms. The molecule has 0 saturated carbocycles. The minimum absolute atomic E-state index is 0.119. The Bertz CT molecular complexity index is 892. The Morgan fingerprint density at radius 1 is 1.15 bits per heavy atom. The van der Waals surface area contributed by atoms with Crippen molar-refractivity contribution in [1.29, 1.82) is 10.5 Å². The van der Waals surface area contributed by atoms with E-state index < -0.39 is 6.04 Å². The van der Waals surface area contributed by atoms with Crippen molar-refractivity contribution >= 4 is 17.3 Å². The van der Waals surface area contributed by atoms with E-state index in [1.54, 1.807) is 18.2 Å². The fourth-order valence-corrected chi connectivity index (χ4v) is 2.96. The highest BCUT2D eigenvalue weighted by molar-refractivity contribution is 6.04. The normalized spacial score (nSPS) is 16.4. The van der Waals surface area contributed by atoms with Crippen molar-refractivity contribution < 1.29 is 4.79 Å². The van der Waals surface area contributed by atoms with Crippen LogP contribution in [0.25, 0.3) is 0 Å². The third-order valence-electron chi connectivity index (χ3n) is 4.49. The molecule has 1 amide bonds. The number of carbonyl (C=O) groups is 1. The summed E-state index contributed by atoms with van der Waals surface area (Å²) in [4.78, 5) is 12.2. The molecule has 0 saturated heterocycles. The number of nitriles is 2. The Kier molecular flexibility index (Phi) is 5.17. The number of hydrogen-bond acceptors (Lipinski definition) is 5. The predicted molar refractivity (Wildman–Crippen MR) is 99.6 cm³/mol. The van der Waals surface area contributed by atoms with Gasteiger partial charge in [0.25, 0.3) is 0 Å². The molecule has 3 N–H and O–H groups in total. The Balaban J connectivity index is 1.58. The Hall–Kier alpha value is -3.35. The molecule has 26 heavy (non-hydrogen) atoms. The third kappa shape index (κ3) is 3.66. The summed E-state index contributed by atoms with van der Waals surface area (Å²) < 4.78 is 0. The van der Waals surface area contributed by atoms with Gasteiger partial charge in [-0.05, 0) is 35.7 Å². The first kappa shape index (κ1) is 17.5. The monoisotopic (exact) mass is 345 g/mol. The van der Waals surface area contributed by atoms with E-state index in [4.69, 9.17) is 5.26 Å². The molecule has 0 spiro atoms. The van der Waals surface area contributed by atoms with Gasteiger partial charge in [-0.2, -0.15) is 10.5 Å². The van der Waals surface area contributed by atoms with Gasteiger partial charge in [-0.3, -0.25) is 4.79 Å². The number of carbonyl (C=O) groups excluding carboxylic acids is 1. The maximum absolute atomic E-state index is 12.2. The number of benzene rings is 2. The van der Waals surface area contributed by atoms with Crippen molar-refractivity contribution in [2.45, 2.75) is 18.9 Å². The Morgan fingerprint density at radius 3 is 2.62 bits per heavy atom. The lowest BCUT2D eigenvalue weighted by Crippen LogP contribution is -2.46. The molecule has 0 aliphatic carbocycles. The van der Waals surface area contributed by atoms with Gasteiger partial charge in [0.2, 0.25) is 5.91 Å². The first-order chi connectivity index (χ1) is 12.6. The largest absolute Gasteiger partial charge is 0.370 e. The topological polar surface area (TPSA) is 101 Å². The second kappa shape index (κ2) is 7.69. The van der Waals surface area contributed by atoms with Crippen LogP contribution in [0.1, 0.15) is 29.5 Å². The molecule has 0 aromatic heterocycles. The summed E-state index contributed by atoms with van der Waals surface area (Å²) in [6.45, 7) is 3.24. The lowest BCUT2D eigenvalue weighted by molar-refractivity contribution is -0.117. The van der Waals surface area contributed by atoms with Crippen molar-refractivity contribution in [1.82, 2.24) is 5.32 Å². The van der Waals surface area contributed by atoms with Gasteiger partial charge in [0.05, 0.1) is 28.6 Å². The van der Waals surface area contributed by atoms with Crippen molar-refractivity contribution in [3.63, 3.8) is 0 Å². The van der Waals surface area contributed by atoms with Crippen molar-refractivity contribution in [2.24, 2.45) is 0 Å². The second-order valence-corrected chi connectivity index (χ2v) is 6.32. The van der Waals surface area contributed by atoms with E-state index in [1.165, 1.54) is 0 Å². The summed E-state index contributed by atoms with van der Waals surface area (Å²) in [6.07, 6.45) is 0. The number of hydrogen-bond donors (Lipinski definition) is 3. The minimum Gasteiger partial charge on any atom is -0.370 e. The van der Waals surface area contributed by atoms with Crippen molar-refractivity contribution in [3.8, 4) is 12.1 Å². The number of fused-ring (bicyclic) bond motifs is 1. The lowest BCUT2D eigenvalue weighted by atomic mass is 10.00. The molecule has 1 heterocycles. The molecule has 3 rings (SSSR count). The van der Waals surface area contributed by atoms with E-state index in [-0.39, 0.29) is 11.8 Å². The molecule has 2 atom stereocenters. The zero-order valence-electron chi connectivity index (χ0n) is 14.4. The summed E-state index contributed by atoms with van der Waals surface area (Å²) in [6, 6.07) is 16.6. The Morgan fingerprint density at radius 2 is 1.92 bits per heavy atom. The van der Waals surface area contributed by atoms with Crippen LogP contribution in [0.4, 0.5) is 11.4 Å². The van der Waals surface area contributed by atoms with Gasteiger partial charge in [0.1, 0.15) is 12.1 Å². The molecular formula is C20H19N5O. The number of nitrogens with zero attached hydrogens (tertiary/aromatic N) is 2.